The lowest BCUT2D eigenvalue weighted by atomic mass is 10.1. The van der Waals surface area contributed by atoms with Crippen molar-refractivity contribution in [2.75, 3.05) is 0 Å². The summed E-state index contributed by atoms with van der Waals surface area (Å²) < 4.78 is 0. The zero-order valence-corrected chi connectivity index (χ0v) is 14.9. The fourth-order valence-corrected chi connectivity index (χ4v) is 5.00. The van der Waals surface area contributed by atoms with Crippen molar-refractivity contribution in [3.05, 3.63) is 66.7 Å². The molecule has 0 spiro atoms. The minimum atomic E-state index is -0.0115. The summed E-state index contributed by atoms with van der Waals surface area (Å²) >= 11 is 4.88. The molecule has 6 heteroatoms. The van der Waals surface area contributed by atoms with Gasteiger partial charge in [-0.2, -0.15) is 5.10 Å². The molecule has 0 unspecified atom stereocenters. The highest BCUT2D eigenvalue weighted by Crippen LogP contribution is 2.38. The lowest BCUT2D eigenvalue weighted by Gasteiger charge is -2.19. The first kappa shape index (κ1) is 14.8. The first-order chi connectivity index (χ1) is 11.2. The van der Waals surface area contributed by atoms with Crippen molar-refractivity contribution in [1.82, 2.24) is 5.01 Å². The molecule has 1 amide bonds. The molecule has 116 valence electrons. The third kappa shape index (κ3) is 2.78. The SMILES string of the molecule is Cc1ccc([C@@H]2CC(c3cccs3)=NN2C(=O)c2cccs2)s1. The van der Waals surface area contributed by atoms with E-state index in [1.165, 1.54) is 21.1 Å². The standard InChI is InChI=1S/C17H14N2OS3/c1-11-6-7-15(23-11)13-10-12(14-4-2-8-21-14)18-19(13)17(20)16-5-3-9-22-16/h2-9,13H,10H2,1H3/t13-/m0/s1. The van der Waals surface area contributed by atoms with Crippen LogP contribution in [-0.2, 0) is 0 Å². The van der Waals surface area contributed by atoms with Gasteiger partial charge in [-0.3, -0.25) is 4.79 Å². The fourth-order valence-electron chi connectivity index (χ4n) is 2.66. The molecular weight excluding hydrogens is 344 g/mol. The summed E-state index contributed by atoms with van der Waals surface area (Å²) in [4.78, 5) is 17.2. The van der Waals surface area contributed by atoms with E-state index in [1.807, 2.05) is 29.0 Å². The molecule has 0 fully saturated rings. The number of aryl methyl sites for hydroxylation is 1. The van der Waals surface area contributed by atoms with Gasteiger partial charge in [0.15, 0.2) is 0 Å². The van der Waals surface area contributed by atoms with Gasteiger partial charge in [-0.05, 0) is 41.9 Å². The Balaban J connectivity index is 1.72. The second-order valence-electron chi connectivity index (χ2n) is 5.32. The van der Waals surface area contributed by atoms with E-state index in [0.29, 0.717) is 0 Å². The highest BCUT2D eigenvalue weighted by molar-refractivity contribution is 7.13. The smallest absolute Gasteiger partial charge is 0.266 e. The topological polar surface area (TPSA) is 32.7 Å². The molecule has 3 nitrogen and oxygen atoms in total. The van der Waals surface area contributed by atoms with Crippen LogP contribution in [0.4, 0.5) is 0 Å². The Labute approximate surface area is 146 Å². The van der Waals surface area contributed by atoms with Crippen LogP contribution in [0.3, 0.4) is 0 Å². The second kappa shape index (κ2) is 6.03. The molecule has 3 aromatic rings. The highest BCUT2D eigenvalue weighted by Gasteiger charge is 2.35. The van der Waals surface area contributed by atoms with E-state index in [4.69, 9.17) is 0 Å². The normalized spacial score (nSPS) is 17.5. The van der Waals surface area contributed by atoms with Crippen molar-refractivity contribution in [2.24, 2.45) is 5.10 Å². The summed E-state index contributed by atoms with van der Waals surface area (Å²) in [5.74, 6) is -0.0115. The quantitative estimate of drug-likeness (QED) is 0.635. The van der Waals surface area contributed by atoms with E-state index < -0.39 is 0 Å². The van der Waals surface area contributed by atoms with Gasteiger partial charge in [0.1, 0.15) is 0 Å². The third-order valence-corrected chi connectivity index (χ3v) is 6.62. The Morgan fingerprint density at radius 3 is 2.65 bits per heavy atom. The molecule has 0 saturated heterocycles. The van der Waals surface area contributed by atoms with Crippen LogP contribution in [0, 0.1) is 6.92 Å². The molecule has 1 aliphatic rings. The zero-order valence-electron chi connectivity index (χ0n) is 12.4. The van der Waals surface area contributed by atoms with Crippen LogP contribution in [0.5, 0.6) is 0 Å². The summed E-state index contributed by atoms with van der Waals surface area (Å²) in [6.07, 6.45) is 0.775. The third-order valence-electron chi connectivity index (χ3n) is 3.75. The van der Waals surface area contributed by atoms with Gasteiger partial charge in [-0.15, -0.1) is 34.0 Å². The van der Waals surface area contributed by atoms with Gasteiger partial charge in [-0.1, -0.05) is 12.1 Å². The van der Waals surface area contributed by atoms with Crippen LogP contribution in [0.1, 0.15) is 36.8 Å². The lowest BCUT2D eigenvalue weighted by Crippen LogP contribution is -2.25. The maximum Gasteiger partial charge on any atom is 0.284 e. The zero-order chi connectivity index (χ0) is 15.8. The van der Waals surface area contributed by atoms with Crippen molar-refractivity contribution in [3.8, 4) is 0 Å². The Bertz CT molecular complexity index is 846. The van der Waals surface area contributed by atoms with Gasteiger partial charge in [0.2, 0.25) is 0 Å². The number of nitrogens with zero attached hydrogens (tertiary/aromatic N) is 2. The molecule has 0 saturated carbocycles. The highest BCUT2D eigenvalue weighted by atomic mass is 32.1. The van der Waals surface area contributed by atoms with Crippen molar-refractivity contribution >= 4 is 45.6 Å². The maximum absolute atomic E-state index is 12.9. The molecule has 1 atom stereocenters. The molecule has 0 radical (unpaired) electrons. The number of rotatable bonds is 3. The van der Waals surface area contributed by atoms with E-state index in [0.717, 1.165) is 21.9 Å². The van der Waals surface area contributed by atoms with E-state index in [2.05, 4.69) is 30.2 Å². The average molecular weight is 359 g/mol. The molecule has 23 heavy (non-hydrogen) atoms. The summed E-state index contributed by atoms with van der Waals surface area (Å²) in [6.45, 7) is 2.09. The Kier molecular flexibility index (Phi) is 3.88. The van der Waals surface area contributed by atoms with Gasteiger partial charge in [0.25, 0.3) is 5.91 Å². The number of hydrogen-bond acceptors (Lipinski definition) is 5. The minimum absolute atomic E-state index is 0.000370. The Hall–Kier alpha value is -1.76. The first-order valence-corrected chi connectivity index (χ1v) is 9.85. The first-order valence-electron chi connectivity index (χ1n) is 7.27. The van der Waals surface area contributed by atoms with Gasteiger partial charge < -0.3 is 0 Å². The minimum Gasteiger partial charge on any atom is -0.266 e. The van der Waals surface area contributed by atoms with Crippen LogP contribution in [0.25, 0.3) is 0 Å². The van der Waals surface area contributed by atoms with Crippen LogP contribution in [0.2, 0.25) is 0 Å². The summed E-state index contributed by atoms with van der Waals surface area (Å²) in [6, 6.07) is 12.1. The van der Waals surface area contributed by atoms with E-state index in [9.17, 15) is 4.79 Å². The van der Waals surface area contributed by atoms with E-state index >= 15 is 0 Å². The lowest BCUT2D eigenvalue weighted by molar-refractivity contribution is 0.0719. The Morgan fingerprint density at radius 2 is 2.00 bits per heavy atom. The summed E-state index contributed by atoms with van der Waals surface area (Å²) in [7, 11) is 0. The molecule has 0 N–H and O–H groups in total. The fraction of sp³-hybridized carbons (Fsp3) is 0.176. The number of thiophene rings is 3. The van der Waals surface area contributed by atoms with Gasteiger partial charge in [-0.25, -0.2) is 5.01 Å². The molecule has 3 aromatic heterocycles. The molecular formula is C17H14N2OS3. The maximum atomic E-state index is 12.9. The number of amides is 1. The molecule has 4 rings (SSSR count). The van der Waals surface area contributed by atoms with Crippen molar-refractivity contribution in [2.45, 2.75) is 19.4 Å². The van der Waals surface area contributed by atoms with Crippen LogP contribution in [-0.4, -0.2) is 16.6 Å². The van der Waals surface area contributed by atoms with Gasteiger partial charge in [0, 0.05) is 16.2 Å². The molecule has 1 aliphatic heterocycles. The van der Waals surface area contributed by atoms with Crippen molar-refractivity contribution < 1.29 is 4.79 Å². The second-order valence-corrected chi connectivity index (χ2v) is 8.53. The predicted octanol–water partition coefficient (Wildman–Crippen LogP) is 5.17. The molecule has 0 aromatic carbocycles. The molecule has 0 bridgehead atoms. The van der Waals surface area contributed by atoms with Crippen molar-refractivity contribution in [3.63, 3.8) is 0 Å². The average Bonchev–Trinajstić information content (AvgIpc) is 3.31. The number of carbonyl (C=O) groups excluding carboxylic acids is 1. The number of carbonyl (C=O) groups is 1. The summed E-state index contributed by atoms with van der Waals surface area (Å²) in [5, 5.41) is 10.3. The van der Waals surface area contributed by atoms with E-state index in [-0.39, 0.29) is 11.9 Å². The van der Waals surface area contributed by atoms with Crippen LogP contribution >= 0.6 is 34.0 Å². The monoisotopic (exact) mass is 358 g/mol. The largest absolute Gasteiger partial charge is 0.284 e. The van der Waals surface area contributed by atoms with Gasteiger partial charge in [0.05, 0.1) is 21.5 Å². The van der Waals surface area contributed by atoms with E-state index in [1.54, 1.807) is 27.7 Å². The Morgan fingerprint density at radius 1 is 1.17 bits per heavy atom. The van der Waals surface area contributed by atoms with Crippen molar-refractivity contribution in [1.29, 1.82) is 0 Å². The van der Waals surface area contributed by atoms with Gasteiger partial charge >= 0.3 is 0 Å². The molecule has 0 aliphatic carbocycles. The summed E-state index contributed by atoms with van der Waals surface area (Å²) in [5.41, 5.74) is 1.00. The molecule has 4 heterocycles. The number of hydrazone groups is 1. The number of hydrogen-bond donors (Lipinski definition) is 0. The van der Waals surface area contributed by atoms with Crippen LogP contribution in [0.15, 0.2) is 52.3 Å². The predicted molar refractivity (Wildman–Crippen MR) is 97.8 cm³/mol. The van der Waals surface area contributed by atoms with Crippen LogP contribution < -0.4 is 0 Å².